The zero-order valence-electron chi connectivity index (χ0n) is 23.4. The summed E-state index contributed by atoms with van der Waals surface area (Å²) >= 11 is 3.50. The third-order valence-electron chi connectivity index (χ3n) is 6.70. The summed E-state index contributed by atoms with van der Waals surface area (Å²) in [5.41, 5.74) is 8.71. The van der Waals surface area contributed by atoms with Gasteiger partial charge in [0, 0.05) is 29.1 Å². The lowest BCUT2D eigenvalue weighted by molar-refractivity contribution is -0.384. The Morgan fingerprint density at radius 2 is 1.72 bits per heavy atom. The Kier molecular flexibility index (Phi) is 8.97. The van der Waals surface area contributed by atoms with Crippen molar-refractivity contribution < 1.29 is 19.2 Å². The van der Waals surface area contributed by atoms with E-state index in [-0.39, 0.29) is 18.2 Å². The Morgan fingerprint density at radius 1 is 1.00 bits per heavy atom. The van der Waals surface area contributed by atoms with E-state index in [0.29, 0.717) is 27.1 Å². The van der Waals surface area contributed by atoms with Gasteiger partial charge in [-0.25, -0.2) is 5.43 Å². The van der Waals surface area contributed by atoms with Gasteiger partial charge in [0.05, 0.1) is 28.4 Å². The van der Waals surface area contributed by atoms with E-state index in [2.05, 4.69) is 55.3 Å². The predicted octanol–water partition coefficient (Wildman–Crippen LogP) is 7.47. The zero-order valence-corrected chi connectivity index (χ0v) is 24.9. The molecule has 1 amide bonds. The number of aromatic nitrogens is 1. The smallest absolute Gasteiger partial charge is 0.271 e. The number of hydrazone groups is 1. The van der Waals surface area contributed by atoms with E-state index in [1.807, 2.05) is 37.3 Å². The van der Waals surface area contributed by atoms with Crippen LogP contribution in [0, 0.1) is 17.0 Å². The number of carbonyl (C=O) groups is 1. The lowest BCUT2D eigenvalue weighted by Gasteiger charge is -2.13. The number of benzene rings is 4. The molecule has 4 aromatic carbocycles. The highest BCUT2D eigenvalue weighted by molar-refractivity contribution is 9.10. The fraction of sp³-hybridized carbons (Fsp3) is 0.0909. The summed E-state index contributed by atoms with van der Waals surface area (Å²) in [6.45, 7) is 2.24. The topological polar surface area (TPSA) is 108 Å². The van der Waals surface area contributed by atoms with Crippen molar-refractivity contribution in [2.45, 2.75) is 13.5 Å². The number of non-ortho nitro benzene ring substituents is 1. The van der Waals surface area contributed by atoms with Crippen molar-refractivity contribution in [2.75, 3.05) is 7.11 Å². The molecule has 216 valence electrons. The lowest BCUT2D eigenvalue weighted by Crippen LogP contribution is -2.17. The molecule has 9 nitrogen and oxygen atoms in total. The van der Waals surface area contributed by atoms with Gasteiger partial charge < -0.3 is 14.0 Å². The average molecular weight is 640 g/mol. The molecule has 1 N–H and O–H groups in total. The second-order valence-corrected chi connectivity index (χ2v) is 10.4. The summed E-state index contributed by atoms with van der Waals surface area (Å²) in [5, 5.41) is 15.0. The maximum atomic E-state index is 12.8. The first-order valence-corrected chi connectivity index (χ1v) is 14.0. The number of nitrogens with one attached hydrogen (secondary N) is 1. The van der Waals surface area contributed by atoms with Crippen molar-refractivity contribution in [1.29, 1.82) is 0 Å². The van der Waals surface area contributed by atoms with Gasteiger partial charge >= 0.3 is 0 Å². The van der Waals surface area contributed by atoms with Crippen LogP contribution in [0.15, 0.2) is 113 Å². The summed E-state index contributed by atoms with van der Waals surface area (Å²) in [6.07, 6.45) is 1.51. The van der Waals surface area contributed by atoms with E-state index in [1.54, 1.807) is 36.4 Å². The van der Waals surface area contributed by atoms with Crippen LogP contribution in [-0.4, -0.2) is 28.7 Å². The second kappa shape index (κ2) is 13.2. The highest BCUT2D eigenvalue weighted by Crippen LogP contribution is 2.37. The van der Waals surface area contributed by atoms with Crippen LogP contribution in [0.1, 0.15) is 27.2 Å². The van der Waals surface area contributed by atoms with Crippen LogP contribution in [-0.2, 0) is 6.61 Å². The minimum Gasteiger partial charge on any atom is -0.493 e. The highest BCUT2D eigenvalue weighted by Gasteiger charge is 2.14. The van der Waals surface area contributed by atoms with Gasteiger partial charge in [-0.1, -0.05) is 30.3 Å². The molecule has 0 atom stereocenters. The van der Waals surface area contributed by atoms with Crippen LogP contribution >= 0.6 is 15.9 Å². The van der Waals surface area contributed by atoms with Crippen LogP contribution in [0.2, 0.25) is 0 Å². The molecule has 5 rings (SSSR count). The van der Waals surface area contributed by atoms with Gasteiger partial charge in [0.2, 0.25) is 0 Å². The monoisotopic (exact) mass is 638 g/mol. The number of hydrogen-bond donors (Lipinski definition) is 1. The molecule has 0 spiro atoms. The molecule has 0 aliphatic heterocycles. The molecule has 10 heteroatoms. The maximum Gasteiger partial charge on any atom is 0.271 e. The standard InChI is InChI=1S/C33H27BrN4O5/c1-22-8-17-30(25-6-4-3-5-7-25)37(22)27-15-11-26(12-16-27)33(39)36-35-20-24-18-29(34)32(31(19-24)42-2)43-21-23-9-13-28(14-10-23)38(40)41/h3-20H,21H2,1-2H3,(H,36,39)/b35-20+. The van der Waals surface area contributed by atoms with Crippen LogP contribution in [0.5, 0.6) is 11.5 Å². The first-order chi connectivity index (χ1) is 20.8. The molecule has 5 aromatic rings. The Labute approximate surface area is 256 Å². The summed E-state index contributed by atoms with van der Waals surface area (Å²) in [4.78, 5) is 23.2. The molecule has 0 unspecified atom stereocenters. The van der Waals surface area contributed by atoms with Gasteiger partial charge in [-0.15, -0.1) is 0 Å². The first-order valence-electron chi connectivity index (χ1n) is 13.3. The number of carbonyl (C=O) groups excluding carboxylic acids is 1. The molecule has 1 aromatic heterocycles. The Morgan fingerprint density at radius 3 is 2.40 bits per heavy atom. The molecule has 0 aliphatic rings. The van der Waals surface area contributed by atoms with Crippen molar-refractivity contribution in [3.8, 4) is 28.4 Å². The zero-order chi connectivity index (χ0) is 30.3. The van der Waals surface area contributed by atoms with Crippen molar-refractivity contribution in [3.63, 3.8) is 0 Å². The lowest BCUT2D eigenvalue weighted by atomic mass is 10.1. The number of aryl methyl sites for hydroxylation is 1. The number of rotatable bonds is 10. The van der Waals surface area contributed by atoms with Crippen molar-refractivity contribution >= 4 is 33.7 Å². The Hall–Kier alpha value is -5.22. The summed E-state index contributed by atoms with van der Waals surface area (Å²) in [7, 11) is 1.52. The number of methoxy groups -OCH3 is 1. The number of nitro groups is 1. The minimum absolute atomic E-state index is 0.0136. The molecular weight excluding hydrogens is 612 g/mol. The largest absolute Gasteiger partial charge is 0.493 e. The van der Waals surface area contributed by atoms with E-state index in [9.17, 15) is 14.9 Å². The third-order valence-corrected chi connectivity index (χ3v) is 7.28. The molecule has 0 aliphatic carbocycles. The molecule has 43 heavy (non-hydrogen) atoms. The van der Waals surface area contributed by atoms with Crippen LogP contribution in [0.3, 0.4) is 0 Å². The normalized spacial score (nSPS) is 11.0. The molecular formula is C33H27BrN4O5. The molecule has 0 radical (unpaired) electrons. The number of halogens is 1. The fourth-order valence-electron chi connectivity index (χ4n) is 4.53. The summed E-state index contributed by atoms with van der Waals surface area (Å²) < 4.78 is 14.2. The molecule has 0 saturated carbocycles. The van der Waals surface area contributed by atoms with Crippen LogP contribution in [0.4, 0.5) is 5.69 Å². The van der Waals surface area contributed by atoms with Gasteiger partial charge in [0.15, 0.2) is 11.5 Å². The van der Waals surface area contributed by atoms with E-state index in [1.165, 1.54) is 25.5 Å². The van der Waals surface area contributed by atoms with Crippen LogP contribution < -0.4 is 14.9 Å². The second-order valence-electron chi connectivity index (χ2n) is 9.55. The van der Waals surface area contributed by atoms with E-state index in [4.69, 9.17) is 9.47 Å². The van der Waals surface area contributed by atoms with Gasteiger partial charge in [-0.2, -0.15) is 5.10 Å². The molecule has 0 fully saturated rings. The van der Waals surface area contributed by atoms with E-state index < -0.39 is 4.92 Å². The number of nitro benzene ring substituents is 1. The van der Waals surface area contributed by atoms with Gasteiger partial charge in [0.1, 0.15) is 6.61 Å². The van der Waals surface area contributed by atoms with E-state index in [0.717, 1.165) is 28.2 Å². The Balaban J connectivity index is 1.23. The van der Waals surface area contributed by atoms with Gasteiger partial charge in [-0.05, 0) is 100 Å². The summed E-state index contributed by atoms with van der Waals surface area (Å²) in [6, 6.07) is 31.3. The average Bonchev–Trinajstić information content (AvgIpc) is 3.42. The fourth-order valence-corrected chi connectivity index (χ4v) is 5.11. The maximum absolute atomic E-state index is 12.8. The summed E-state index contributed by atoms with van der Waals surface area (Å²) in [5.74, 6) is 0.578. The molecule has 0 bridgehead atoms. The van der Waals surface area contributed by atoms with Crippen molar-refractivity contribution in [2.24, 2.45) is 5.10 Å². The van der Waals surface area contributed by atoms with Crippen molar-refractivity contribution in [1.82, 2.24) is 9.99 Å². The Bertz CT molecular complexity index is 1780. The quantitative estimate of drug-likeness (QED) is 0.0969. The SMILES string of the molecule is COc1cc(/C=N/NC(=O)c2ccc(-n3c(C)ccc3-c3ccccc3)cc2)cc(Br)c1OCc1ccc([N+](=O)[O-])cc1. The van der Waals surface area contributed by atoms with Gasteiger partial charge in [0.25, 0.3) is 11.6 Å². The number of amides is 1. The van der Waals surface area contributed by atoms with Crippen LogP contribution in [0.25, 0.3) is 16.9 Å². The third kappa shape index (κ3) is 6.82. The molecule has 1 heterocycles. The first kappa shape index (κ1) is 29.3. The minimum atomic E-state index is -0.448. The van der Waals surface area contributed by atoms with E-state index >= 15 is 0 Å². The highest BCUT2D eigenvalue weighted by atomic mass is 79.9. The van der Waals surface area contributed by atoms with Gasteiger partial charge in [-0.3, -0.25) is 14.9 Å². The number of hydrogen-bond acceptors (Lipinski definition) is 6. The molecule has 0 saturated heterocycles. The van der Waals surface area contributed by atoms with Crippen molar-refractivity contribution in [3.05, 3.63) is 140 Å². The number of nitrogens with zero attached hydrogens (tertiary/aromatic N) is 3. The number of ether oxygens (including phenoxy) is 2. The predicted molar refractivity (Wildman–Crippen MR) is 169 cm³/mol.